The van der Waals surface area contributed by atoms with Crippen LogP contribution >= 0.6 is 0 Å². The quantitative estimate of drug-likeness (QED) is 0.605. The Balaban J connectivity index is 1.62. The van der Waals surface area contributed by atoms with E-state index in [1.807, 2.05) is 54.6 Å². The molecule has 4 nitrogen and oxygen atoms in total. The van der Waals surface area contributed by atoms with Crippen LogP contribution in [0, 0.1) is 0 Å². The maximum atomic E-state index is 6.38. The molecule has 0 aliphatic carbocycles. The Kier molecular flexibility index (Phi) is 2.54. The summed E-state index contributed by atoms with van der Waals surface area (Å²) in [6.45, 7) is 0. The second-order valence-corrected chi connectivity index (χ2v) is 6.47. The zero-order valence-electron chi connectivity index (χ0n) is 13.3. The molecular weight excluding hydrogens is 314 g/mol. The van der Waals surface area contributed by atoms with Crippen molar-refractivity contribution in [1.82, 2.24) is 4.90 Å². The molecule has 4 heteroatoms. The van der Waals surface area contributed by atoms with Crippen molar-refractivity contribution in [2.75, 3.05) is 0 Å². The molecule has 122 valence electrons. The second-order valence-electron chi connectivity index (χ2n) is 6.47. The summed E-state index contributed by atoms with van der Waals surface area (Å²) >= 11 is 0. The van der Waals surface area contributed by atoms with Gasteiger partial charge in [0.1, 0.15) is 17.2 Å². The molecule has 0 bridgehead atoms. The van der Waals surface area contributed by atoms with Gasteiger partial charge in [0.25, 0.3) is 0 Å². The van der Waals surface area contributed by atoms with Gasteiger partial charge in [0, 0.05) is 0 Å². The molecule has 0 fully saturated rings. The third kappa shape index (κ3) is 1.74. The molecule has 0 saturated heterocycles. The van der Waals surface area contributed by atoms with Gasteiger partial charge in [-0.15, -0.1) is 0 Å². The van der Waals surface area contributed by atoms with E-state index in [0.29, 0.717) is 0 Å². The number of rotatable bonds is 0. The Morgan fingerprint density at radius 1 is 0.480 bits per heavy atom. The number of hydrogen-bond donors (Lipinski definition) is 0. The van der Waals surface area contributed by atoms with Crippen molar-refractivity contribution < 1.29 is 14.2 Å². The number of ether oxygens (including phenoxy) is 3. The molecule has 3 aliphatic heterocycles. The number of nitrogens with zero attached hydrogens (tertiary/aromatic N) is 1. The first-order valence-corrected chi connectivity index (χ1v) is 8.44. The maximum absolute atomic E-state index is 6.38. The van der Waals surface area contributed by atoms with E-state index in [4.69, 9.17) is 14.2 Å². The third-order valence-electron chi connectivity index (χ3n) is 5.08. The molecule has 0 radical (unpaired) electrons. The standard InChI is InChI=1S/C21H15NO3/c1-4-10-16-13(7-1)19-22-20(23-16)15-9-3-6-12-18(15)25-21(22)14-8-2-5-11-17(14)24-19/h1-12,19-21H/t19-,20-,21-/m1/s1. The monoisotopic (exact) mass is 329 g/mol. The van der Waals surface area contributed by atoms with Crippen LogP contribution in [0.15, 0.2) is 72.8 Å². The average molecular weight is 329 g/mol. The van der Waals surface area contributed by atoms with E-state index >= 15 is 0 Å². The summed E-state index contributed by atoms with van der Waals surface area (Å²) < 4.78 is 19.1. The van der Waals surface area contributed by atoms with Crippen molar-refractivity contribution in [3.8, 4) is 17.2 Å². The topological polar surface area (TPSA) is 30.9 Å². The molecule has 0 amide bonds. The van der Waals surface area contributed by atoms with Crippen LogP contribution in [-0.2, 0) is 0 Å². The molecule has 3 atom stereocenters. The normalized spacial score (nSPS) is 25.2. The first-order valence-electron chi connectivity index (χ1n) is 8.44. The third-order valence-corrected chi connectivity index (χ3v) is 5.08. The molecule has 0 spiro atoms. The fourth-order valence-corrected chi connectivity index (χ4v) is 3.96. The van der Waals surface area contributed by atoms with Gasteiger partial charge in [0.15, 0.2) is 18.7 Å². The number of hydrogen-bond acceptors (Lipinski definition) is 4. The molecule has 3 aliphatic rings. The summed E-state index contributed by atoms with van der Waals surface area (Å²) in [6, 6.07) is 24.2. The molecular formula is C21H15NO3. The number of fused-ring (bicyclic) bond motifs is 6. The highest BCUT2D eigenvalue weighted by molar-refractivity contribution is 5.47. The van der Waals surface area contributed by atoms with E-state index in [0.717, 1.165) is 33.9 Å². The van der Waals surface area contributed by atoms with Crippen LogP contribution in [0.4, 0.5) is 0 Å². The molecule has 3 aromatic rings. The molecule has 0 saturated carbocycles. The number of para-hydroxylation sites is 3. The summed E-state index contributed by atoms with van der Waals surface area (Å²) in [4.78, 5) is 2.17. The minimum atomic E-state index is -0.233. The van der Waals surface area contributed by atoms with E-state index in [9.17, 15) is 0 Å². The molecule has 25 heavy (non-hydrogen) atoms. The molecule has 3 heterocycles. The van der Waals surface area contributed by atoms with Crippen molar-refractivity contribution in [3.63, 3.8) is 0 Å². The molecule has 6 rings (SSSR count). The van der Waals surface area contributed by atoms with Gasteiger partial charge < -0.3 is 14.2 Å². The van der Waals surface area contributed by atoms with Crippen LogP contribution in [-0.4, -0.2) is 4.90 Å². The summed E-state index contributed by atoms with van der Waals surface area (Å²) in [5.74, 6) is 2.59. The van der Waals surface area contributed by atoms with Crippen LogP contribution in [0.1, 0.15) is 35.4 Å². The summed E-state index contributed by atoms with van der Waals surface area (Å²) in [5.41, 5.74) is 3.09. The van der Waals surface area contributed by atoms with E-state index in [1.165, 1.54) is 0 Å². The highest BCUT2D eigenvalue weighted by Crippen LogP contribution is 2.55. The largest absolute Gasteiger partial charge is 0.470 e. The molecule has 0 unspecified atom stereocenters. The lowest BCUT2D eigenvalue weighted by Gasteiger charge is -2.51. The van der Waals surface area contributed by atoms with Crippen molar-refractivity contribution in [3.05, 3.63) is 89.5 Å². The van der Waals surface area contributed by atoms with Gasteiger partial charge in [0.2, 0.25) is 0 Å². The lowest BCUT2D eigenvalue weighted by Crippen LogP contribution is -2.50. The smallest absolute Gasteiger partial charge is 0.188 e. The highest BCUT2D eigenvalue weighted by atomic mass is 16.6. The van der Waals surface area contributed by atoms with E-state index in [2.05, 4.69) is 23.1 Å². The number of benzene rings is 3. The van der Waals surface area contributed by atoms with Crippen LogP contribution < -0.4 is 14.2 Å². The van der Waals surface area contributed by atoms with Gasteiger partial charge in [-0.2, -0.15) is 4.90 Å². The van der Waals surface area contributed by atoms with Gasteiger partial charge in [-0.05, 0) is 18.2 Å². The van der Waals surface area contributed by atoms with Crippen LogP contribution in [0.2, 0.25) is 0 Å². The van der Waals surface area contributed by atoms with Gasteiger partial charge in [-0.25, -0.2) is 0 Å². The fourth-order valence-electron chi connectivity index (χ4n) is 3.96. The Morgan fingerprint density at radius 3 is 1.16 bits per heavy atom. The van der Waals surface area contributed by atoms with Crippen LogP contribution in [0.5, 0.6) is 17.2 Å². The van der Waals surface area contributed by atoms with E-state index < -0.39 is 0 Å². The van der Waals surface area contributed by atoms with Crippen molar-refractivity contribution in [2.45, 2.75) is 18.7 Å². The van der Waals surface area contributed by atoms with Crippen molar-refractivity contribution in [2.24, 2.45) is 0 Å². The Hall–Kier alpha value is -2.98. The minimum absolute atomic E-state index is 0.233. The summed E-state index contributed by atoms with van der Waals surface area (Å²) in [7, 11) is 0. The Labute approximate surface area is 145 Å². The Bertz CT molecular complexity index is 859. The lowest BCUT2D eigenvalue weighted by atomic mass is 9.99. The summed E-state index contributed by atoms with van der Waals surface area (Å²) in [5, 5.41) is 0. The van der Waals surface area contributed by atoms with Gasteiger partial charge in [0.05, 0.1) is 16.7 Å². The summed E-state index contributed by atoms with van der Waals surface area (Å²) in [6.07, 6.45) is -0.699. The van der Waals surface area contributed by atoms with Gasteiger partial charge in [-0.1, -0.05) is 54.6 Å². The zero-order valence-corrected chi connectivity index (χ0v) is 13.3. The van der Waals surface area contributed by atoms with Crippen molar-refractivity contribution >= 4 is 0 Å². The van der Waals surface area contributed by atoms with Gasteiger partial charge in [-0.3, -0.25) is 0 Å². The predicted octanol–water partition coefficient (Wildman–Crippen LogP) is 4.56. The fraction of sp³-hybridized carbons (Fsp3) is 0.143. The Morgan fingerprint density at radius 2 is 0.800 bits per heavy atom. The second kappa shape index (κ2) is 4.77. The predicted molar refractivity (Wildman–Crippen MR) is 91.3 cm³/mol. The first-order chi connectivity index (χ1) is 12.4. The van der Waals surface area contributed by atoms with Crippen LogP contribution in [0.3, 0.4) is 0 Å². The van der Waals surface area contributed by atoms with Gasteiger partial charge >= 0.3 is 0 Å². The van der Waals surface area contributed by atoms with E-state index in [-0.39, 0.29) is 18.7 Å². The SMILES string of the molecule is c1ccc2c(c1)O[C@@H]1c3ccccc3O[C@@H]3c4ccccc4O[C@H]2N31. The maximum Gasteiger partial charge on any atom is 0.188 e. The molecule has 0 aromatic heterocycles. The first kappa shape index (κ1) is 13.3. The molecule has 0 N–H and O–H groups in total. The minimum Gasteiger partial charge on any atom is -0.470 e. The van der Waals surface area contributed by atoms with Crippen molar-refractivity contribution in [1.29, 1.82) is 0 Å². The van der Waals surface area contributed by atoms with E-state index in [1.54, 1.807) is 0 Å². The zero-order chi connectivity index (χ0) is 16.4. The average Bonchev–Trinajstić information content (AvgIpc) is 2.68. The lowest BCUT2D eigenvalue weighted by molar-refractivity contribution is -0.202. The van der Waals surface area contributed by atoms with Crippen LogP contribution in [0.25, 0.3) is 0 Å². The highest BCUT2D eigenvalue weighted by Gasteiger charge is 2.50. The molecule has 3 aromatic carbocycles.